The minimum Gasteiger partial charge on any atom is -0.357 e. The fraction of sp³-hybridized carbons (Fsp3) is 0.562. The first-order chi connectivity index (χ1) is 10.2. The molecule has 2 rings (SSSR count). The number of aliphatic imine (C=N–C) groups is 1. The predicted octanol–water partition coefficient (Wildman–Crippen LogP) is 3.22. The number of benzene rings is 1. The number of likely N-dealkylation sites (tertiary alicyclic amines) is 1. The largest absolute Gasteiger partial charge is 0.357 e. The van der Waals surface area contributed by atoms with E-state index < -0.39 is 0 Å². The van der Waals surface area contributed by atoms with Crippen LogP contribution < -0.4 is 10.6 Å². The molecule has 0 amide bonds. The predicted molar refractivity (Wildman–Crippen MR) is 108 cm³/mol. The minimum atomic E-state index is 0. The summed E-state index contributed by atoms with van der Waals surface area (Å²) in [4.78, 5) is 6.77. The lowest BCUT2D eigenvalue weighted by molar-refractivity contribution is 0.198. The zero-order valence-corrected chi connectivity index (χ0v) is 17.2. The third kappa shape index (κ3) is 6.42. The summed E-state index contributed by atoms with van der Waals surface area (Å²) in [6, 6.07) is 9.15. The average molecular weight is 481 g/mol. The highest BCUT2D eigenvalue weighted by atomic mass is 127. The van der Waals surface area contributed by atoms with Gasteiger partial charge in [0.05, 0.1) is 0 Å². The van der Waals surface area contributed by atoms with E-state index in [1.54, 1.807) is 0 Å². The van der Waals surface area contributed by atoms with Crippen LogP contribution in [0.25, 0.3) is 0 Å². The molecule has 1 aliphatic heterocycles. The molecule has 0 saturated carbocycles. The lowest BCUT2D eigenvalue weighted by atomic mass is 10.0. The number of piperidine rings is 1. The summed E-state index contributed by atoms with van der Waals surface area (Å²) < 4.78 is 1.14. The molecule has 4 nitrogen and oxygen atoms in total. The summed E-state index contributed by atoms with van der Waals surface area (Å²) in [6.07, 6.45) is 2.34. The van der Waals surface area contributed by atoms with Crippen molar-refractivity contribution in [2.45, 2.75) is 32.4 Å². The number of hydrogen-bond donors (Lipinski definition) is 2. The van der Waals surface area contributed by atoms with Gasteiger partial charge in [-0.25, -0.2) is 0 Å². The Balaban J connectivity index is 0.00000242. The van der Waals surface area contributed by atoms with Crippen molar-refractivity contribution in [3.63, 3.8) is 0 Å². The van der Waals surface area contributed by atoms with Gasteiger partial charge >= 0.3 is 0 Å². The second kappa shape index (κ2) is 10.4. The van der Waals surface area contributed by atoms with E-state index in [0.717, 1.165) is 36.6 Å². The molecule has 0 radical (unpaired) electrons. The van der Waals surface area contributed by atoms with E-state index in [0.29, 0.717) is 6.04 Å². The molecule has 1 aromatic carbocycles. The third-order valence-corrected chi connectivity index (χ3v) is 4.34. The van der Waals surface area contributed by atoms with E-state index in [2.05, 4.69) is 67.6 Å². The van der Waals surface area contributed by atoms with Crippen LogP contribution in [0.4, 0.5) is 0 Å². The van der Waals surface area contributed by atoms with Crippen molar-refractivity contribution >= 4 is 45.9 Å². The molecule has 0 aromatic heterocycles. The molecule has 1 fully saturated rings. The number of guanidine groups is 1. The maximum Gasteiger partial charge on any atom is 0.191 e. The normalized spacial score (nSPS) is 17.0. The Morgan fingerprint density at radius 3 is 2.45 bits per heavy atom. The van der Waals surface area contributed by atoms with Gasteiger partial charge in [0, 0.05) is 43.7 Å². The van der Waals surface area contributed by atoms with E-state index in [4.69, 9.17) is 0 Å². The highest BCUT2D eigenvalue weighted by Gasteiger charge is 2.19. The average Bonchev–Trinajstić information content (AvgIpc) is 2.51. The summed E-state index contributed by atoms with van der Waals surface area (Å²) >= 11 is 3.48. The van der Waals surface area contributed by atoms with Crippen molar-refractivity contribution in [2.75, 3.05) is 26.7 Å². The van der Waals surface area contributed by atoms with Gasteiger partial charge in [-0.05, 0) is 37.5 Å². The lowest BCUT2D eigenvalue weighted by Crippen LogP contribution is -2.48. The van der Waals surface area contributed by atoms with Gasteiger partial charge in [0.2, 0.25) is 0 Å². The van der Waals surface area contributed by atoms with Crippen molar-refractivity contribution in [1.82, 2.24) is 15.5 Å². The van der Waals surface area contributed by atoms with Gasteiger partial charge in [0.1, 0.15) is 0 Å². The smallest absolute Gasteiger partial charge is 0.191 e. The molecule has 0 spiro atoms. The fourth-order valence-electron chi connectivity index (χ4n) is 2.64. The van der Waals surface area contributed by atoms with Crippen molar-refractivity contribution in [1.29, 1.82) is 0 Å². The molecule has 6 heteroatoms. The molecule has 2 N–H and O–H groups in total. The second-order valence-electron chi connectivity index (χ2n) is 5.42. The van der Waals surface area contributed by atoms with E-state index in [9.17, 15) is 0 Å². The first-order valence-electron chi connectivity index (χ1n) is 7.65. The van der Waals surface area contributed by atoms with Crippen molar-refractivity contribution in [2.24, 2.45) is 4.99 Å². The van der Waals surface area contributed by atoms with Gasteiger partial charge in [-0.3, -0.25) is 9.89 Å². The fourth-order valence-corrected chi connectivity index (χ4v) is 2.90. The van der Waals surface area contributed by atoms with Crippen LogP contribution in [0.2, 0.25) is 0 Å². The van der Waals surface area contributed by atoms with Gasteiger partial charge < -0.3 is 10.6 Å². The molecule has 124 valence electrons. The van der Waals surface area contributed by atoms with Gasteiger partial charge in [0.15, 0.2) is 5.96 Å². The number of nitrogens with one attached hydrogen (secondary N) is 2. The Kier molecular flexibility index (Phi) is 9.35. The summed E-state index contributed by atoms with van der Waals surface area (Å²) in [5.41, 5.74) is 1.38. The molecule has 1 heterocycles. The van der Waals surface area contributed by atoms with E-state index >= 15 is 0 Å². The first-order valence-corrected chi connectivity index (χ1v) is 8.44. The van der Waals surface area contributed by atoms with Crippen LogP contribution in [0, 0.1) is 0 Å². The van der Waals surface area contributed by atoms with E-state index in [1.807, 2.05) is 7.05 Å². The second-order valence-corrected chi connectivity index (χ2v) is 6.34. The number of nitrogens with zero attached hydrogens (tertiary/aromatic N) is 2. The van der Waals surface area contributed by atoms with E-state index in [1.165, 1.54) is 18.4 Å². The topological polar surface area (TPSA) is 39.7 Å². The summed E-state index contributed by atoms with van der Waals surface area (Å²) in [7, 11) is 1.83. The molecule has 0 unspecified atom stereocenters. The molecular weight excluding hydrogens is 455 g/mol. The highest BCUT2D eigenvalue weighted by Crippen LogP contribution is 2.16. The molecule has 1 aliphatic rings. The van der Waals surface area contributed by atoms with Crippen molar-refractivity contribution < 1.29 is 0 Å². The molecule has 0 bridgehead atoms. The Morgan fingerprint density at radius 2 is 1.91 bits per heavy atom. The van der Waals surface area contributed by atoms with Crippen LogP contribution in [0.5, 0.6) is 0 Å². The highest BCUT2D eigenvalue weighted by molar-refractivity contribution is 14.0. The Bertz CT molecular complexity index is 456. The molecule has 0 aliphatic carbocycles. The quantitative estimate of drug-likeness (QED) is 0.395. The lowest BCUT2D eigenvalue weighted by Gasteiger charge is -2.33. The molecule has 22 heavy (non-hydrogen) atoms. The number of hydrogen-bond acceptors (Lipinski definition) is 2. The molecule has 1 saturated heterocycles. The Labute approximate surface area is 159 Å². The number of halogens is 2. The zero-order chi connectivity index (χ0) is 15.1. The van der Waals surface area contributed by atoms with Crippen LogP contribution in [-0.4, -0.2) is 43.6 Å². The van der Waals surface area contributed by atoms with Crippen LogP contribution >= 0.6 is 39.9 Å². The summed E-state index contributed by atoms with van der Waals surface area (Å²) in [6.45, 7) is 6.31. The van der Waals surface area contributed by atoms with Gasteiger partial charge in [-0.15, -0.1) is 24.0 Å². The maximum atomic E-state index is 4.24. The van der Waals surface area contributed by atoms with Crippen LogP contribution in [0.15, 0.2) is 33.7 Å². The Morgan fingerprint density at radius 1 is 1.27 bits per heavy atom. The standard InChI is InChI=1S/C16H25BrN4.HI/c1-3-19-16(18-2)20-15-8-10-21(11-9-15)12-13-4-6-14(17)7-5-13;/h4-7,15H,3,8-12H2,1-2H3,(H2,18,19,20);1H. The number of rotatable bonds is 4. The van der Waals surface area contributed by atoms with Crippen LogP contribution in [0.1, 0.15) is 25.3 Å². The van der Waals surface area contributed by atoms with Gasteiger partial charge in [-0.2, -0.15) is 0 Å². The SMILES string of the molecule is CCNC(=NC)NC1CCN(Cc2ccc(Br)cc2)CC1.I. The first kappa shape index (κ1) is 19.7. The van der Waals surface area contributed by atoms with E-state index in [-0.39, 0.29) is 24.0 Å². The summed E-state index contributed by atoms with van der Waals surface area (Å²) in [5, 5.41) is 6.76. The van der Waals surface area contributed by atoms with Crippen molar-refractivity contribution in [3.05, 3.63) is 34.3 Å². The van der Waals surface area contributed by atoms with Crippen LogP contribution in [0.3, 0.4) is 0 Å². The van der Waals surface area contributed by atoms with Crippen LogP contribution in [-0.2, 0) is 6.54 Å². The maximum absolute atomic E-state index is 4.24. The summed E-state index contributed by atoms with van der Waals surface area (Å²) in [5.74, 6) is 0.920. The van der Waals surface area contributed by atoms with Gasteiger partial charge in [0.25, 0.3) is 0 Å². The van der Waals surface area contributed by atoms with Crippen molar-refractivity contribution in [3.8, 4) is 0 Å². The minimum absolute atomic E-state index is 0. The molecular formula is C16H26BrIN4. The zero-order valence-electron chi connectivity index (χ0n) is 13.3. The monoisotopic (exact) mass is 480 g/mol. The van der Waals surface area contributed by atoms with Gasteiger partial charge in [-0.1, -0.05) is 28.1 Å². The molecule has 1 aromatic rings. The molecule has 0 atom stereocenters. The third-order valence-electron chi connectivity index (χ3n) is 3.82. The Hall–Kier alpha value is -0.340.